The molecule has 9 heteroatoms. The highest BCUT2D eigenvalue weighted by Crippen LogP contribution is 2.36. The van der Waals surface area contributed by atoms with Crippen LogP contribution in [0.4, 0.5) is 5.69 Å². The van der Waals surface area contributed by atoms with Gasteiger partial charge in [0.15, 0.2) is 17.3 Å². The van der Waals surface area contributed by atoms with E-state index >= 15 is 0 Å². The van der Waals surface area contributed by atoms with Crippen molar-refractivity contribution in [2.24, 2.45) is 0 Å². The van der Waals surface area contributed by atoms with E-state index < -0.39 is 6.10 Å². The first-order valence-corrected chi connectivity index (χ1v) is 10.9. The fourth-order valence-electron chi connectivity index (χ4n) is 2.95. The molecule has 1 aliphatic rings. The first-order chi connectivity index (χ1) is 15.1. The third kappa shape index (κ3) is 5.24. The number of fused-ring (bicyclic) bond motifs is 1. The molecule has 1 N–H and O–H groups in total. The molecule has 160 valence electrons. The number of benzene rings is 2. The molecule has 0 bridgehead atoms. The van der Waals surface area contributed by atoms with Crippen molar-refractivity contribution in [3.05, 3.63) is 60.0 Å². The average molecular weight is 439 g/mol. The Morgan fingerprint density at radius 1 is 1.10 bits per heavy atom. The van der Waals surface area contributed by atoms with Gasteiger partial charge in [0.25, 0.3) is 11.1 Å². The van der Waals surface area contributed by atoms with Gasteiger partial charge in [-0.25, -0.2) is 0 Å². The largest absolute Gasteiger partial charge is 0.485 e. The predicted molar refractivity (Wildman–Crippen MR) is 115 cm³/mol. The summed E-state index contributed by atoms with van der Waals surface area (Å²) >= 11 is 1.16. The van der Waals surface area contributed by atoms with Crippen LogP contribution in [0.1, 0.15) is 42.1 Å². The molecular formula is C22H21N3O5S. The van der Waals surface area contributed by atoms with Gasteiger partial charge in [0, 0.05) is 17.7 Å². The van der Waals surface area contributed by atoms with Crippen LogP contribution in [0.5, 0.6) is 11.5 Å². The van der Waals surface area contributed by atoms with E-state index in [1.165, 1.54) is 0 Å². The van der Waals surface area contributed by atoms with E-state index in [9.17, 15) is 9.59 Å². The number of amides is 1. The molecule has 2 heterocycles. The van der Waals surface area contributed by atoms with Crippen molar-refractivity contribution >= 4 is 29.1 Å². The van der Waals surface area contributed by atoms with Crippen LogP contribution in [-0.2, 0) is 4.79 Å². The molecule has 0 saturated heterocycles. The summed E-state index contributed by atoms with van der Waals surface area (Å²) < 4.78 is 17.2. The maximum atomic E-state index is 12.5. The number of rotatable bonds is 8. The Morgan fingerprint density at radius 3 is 2.65 bits per heavy atom. The number of nitrogens with zero attached hydrogens (tertiary/aromatic N) is 2. The molecule has 0 unspecified atom stereocenters. The van der Waals surface area contributed by atoms with Crippen molar-refractivity contribution in [3.63, 3.8) is 0 Å². The molecule has 2 aromatic carbocycles. The summed E-state index contributed by atoms with van der Waals surface area (Å²) in [6.45, 7) is 2.21. The van der Waals surface area contributed by atoms with Gasteiger partial charge in [-0.3, -0.25) is 9.59 Å². The molecule has 0 radical (unpaired) electrons. The highest BCUT2D eigenvalue weighted by molar-refractivity contribution is 7.99. The third-order valence-electron chi connectivity index (χ3n) is 4.50. The molecule has 0 fully saturated rings. The predicted octanol–water partition coefficient (Wildman–Crippen LogP) is 4.30. The quantitative estimate of drug-likeness (QED) is 0.409. The topological polar surface area (TPSA) is 104 Å². The van der Waals surface area contributed by atoms with Crippen LogP contribution in [0.25, 0.3) is 0 Å². The van der Waals surface area contributed by atoms with Crippen LogP contribution in [0, 0.1) is 0 Å². The summed E-state index contributed by atoms with van der Waals surface area (Å²) in [5, 5.41) is 11.1. The Morgan fingerprint density at radius 2 is 1.87 bits per heavy atom. The van der Waals surface area contributed by atoms with Crippen LogP contribution in [-0.4, -0.2) is 34.2 Å². The average Bonchev–Trinajstić information content (AvgIpc) is 3.27. The lowest BCUT2D eigenvalue weighted by molar-refractivity contribution is -0.116. The van der Waals surface area contributed by atoms with Gasteiger partial charge in [-0.05, 0) is 42.8 Å². The number of carbonyl (C=O) groups excluding carboxylic acids is 2. The van der Waals surface area contributed by atoms with Gasteiger partial charge in [0.1, 0.15) is 6.61 Å². The van der Waals surface area contributed by atoms with Gasteiger partial charge in [0.05, 0.1) is 5.75 Å². The van der Waals surface area contributed by atoms with E-state index in [1.807, 2.05) is 31.2 Å². The van der Waals surface area contributed by atoms with Crippen molar-refractivity contribution < 1.29 is 23.5 Å². The molecular weight excluding hydrogens is 418 g/mol. The van der Waals surface area contributed by atoms with E-state index in [4.69, 9.17) is 13.9 Å². The maximum Gasteiger partial charge on any atom is 0.277 e. The minimum atomic E-state index is -0.497. The molecule has 0 saturated carbocycles. The van der Waals surface area contributed by atoms with E-state index in [-0.39, 0.29) is 29.3 Å². The molecule has 1 aromatic heterocycles. The van der Waals surface area contributed by atoms with Crippen molar-refractivity contribution in [1.29, 1.82) is 0 Å². The second kappa shape index (κ2) is 9.65. The lowest BCUT2D eigenvalue weighted by Crippen LogP contribution is -2.21. The zero-order valence-electron chi connectivity index (χ0n) is 16.9. The second-order valence-corrected chi connectivity index (χ2v) is 7.78. The van der Waals surface area contributed by atoms with Gasteiger partial charge in [0.2, 0.25) is 12.0 Å². The summed E-state index contributed by atoms with van der Waals surface area (Å²) in [5.41, 5.74) is 1.21. The smallest absolute Gasteiger partial charge is 0.277 e. The Balaban J connectivity index is 1.30. The maximum absolute atomic E-state index is 12.5. The monoisotopic (exact) mass is 439 g/mol. The molecule has 1 atom stereocenters. The summed E-state index contributed by atoms with van der Waals surface area (Å²) in [4.78, 5) is 24.1. The molecule has 0 spiro atoms. The van der Waals surface area contributed by atoms with Crippen LogP contribution >= 0.6 is 11.8 Å². The number of aromatic nitrogens is 2. The number of thioether (sulfide) groups is 1. The number of ketones is 1. The van der Waals surface area contributed by atoms with Crippen molar-refractivity contribution in [1.82, 2.24) is 10.2 Å². The summed E-state index contributed by atoms with van der Waals surface area (Å²) in [7, 11) is 0. The number of anilines is 1. The molecule has 1 aliphatic heterocycles. The lowest BCUT2D eigenvalue weighted by Gasteiger charge is -2.23. The Bertz CT molecular complexity index is 1070. The van der Waals surface area contributed by atoms with Gasteiger partial charge >= 0.3 is 0 Å². The van der Waals surface area contributed by atoms with Crippen LogP contribution in [0.2, 0.25) is 0 Å². The second-order valence-electron chi connectivity index (χ2n) is 6.86. The van der Waals surface area contributed by atoms with Gasteiger partial charge in [-0.1, -0.05) is 30.8 Å². The van der Waals surface area contributed by atoms with E-state index in [0.717, 1.165) is 18.2 Å². The third-order valence-corrected chi connectivity index (χ3v) is 5.32. The van der Waals surface area contributed by atoms with Crippen LogP contribution < -0.4 is 14.8 Å². The number of carbonyl (C=O) groups is 2. The minimum Gasteiger partial charge on any atom is -0.485 e. The summed E-state index contributed by atoms with van der Waals surface area (Å²) in [6, 6.07) is 14.2. The van der Waals surface area contributed by atoms with Gasteiger partial charge in [-0.15, -0.1) is 10.2 Å². The van der Waals surface area contributed by atoms with Crippen LogP contribution in [0.3, 0.4) is 0 Å². The zero-order chi connectivity index (χ0) is 21.6. The van der Waals surface area contributed by atoms with Gasteiger partial charge in [-0.2, -0.15) is 0 Å². The molecule has 0 aliphatic carbocycles. The van der Waals surface area contributed by atoms with Crippen molar-refractivity contribution in [2.75, 3.05) is 17.7 Å². The number of Topliss-reactive ketones (excluding diaryl/α,β-unsaturated/α-hetero) is 1. The molecule has 8 nitrogen and oxygen atoms in total. The minimum absolute atomic E-state index is 0.0415. The molecule has 1 amide bonds. The zero-order valence-corrected chi connectivity index (χ0v) is 17.7. The van der Waals surface area contributed by atoms with E-state index in [2.05, 4.69) is 15.5 Å². The molecule has 4 rings (SSSR count). The normalized spacial score (nSPS) is 14.8. The van der Waals surface area contributed by atoms with Gasteiger partial charge < -0.3 is 19.2 Å². The fraction of sp³-hybridized carbons (Fsp3) is 0.273. The van der Waals surface area contributed by atoms with E-state index in [1.54, 1.807) is 24.3 Å². The Labute approximate surface area is 183 Å². The number of ether oxygens (including phenoxy) is 2. The van der Waals surface area contributed by atoms with Crippen LogP contribution in [0.15, 0.2) is 58.2 Å². The highest BCUT2D eigenvalue weighted by Gasteiger charge is 2.27. The van der Waals surface area contributed by atoms with Crippen molar-refractivity contribution in [3.8, 4) is 11.5 Å². The Hall–Kier alpha value is -3.33. The summed E-state index contributed by atoms with van der Waals surface area (Å²) in [5.74, 6) is 1.62. The number of hydrogen-bond acceptors (Lipinski definition) is 8. The Kier molecular flexibility index (Phi) is 6.51. The number of hydrogen-bond donors (Lipinski definition) is 1. The fourth-order valence-corrected chi connectivity index (χ4v) is 3.61. The number of para-hydroxylation sites is 2. The SMILES string of the molecule is CCCC(=O)Nc1ccc(C(=O)CSc2nnc([C@H]3COc4ccccc4O3)o2)cc1. The standard InChI is InChI=1S/C22H21N3O5S/c1-2-5-20(27)23-15-10-8-14(9-11-15)16(26)13-31-22-25-24-21(30-22)19-12-28-17-6-3-4-7-18(17)29-19/h3-4,6-11,19H,2,5,12-13H2,1H3,(H,23,27)/t19-/m1/s1. The van der Waals surface area contributed by atoms with Crippen molar-refractivity contribution in [2.45, 2.75) is 31.1 Å². The molecule has 3 aromatic rings. The number of nitrogens with one attached hydrogen (secondary N) is 1. The summed E-state index contributed by atoms with van der Waals surface area (Å²) in [6.07, 6.45) is 0.751. The highest BCUT2D eigenvalue weighted by atomic mass is 32.2. The van der Waals surface area contributed by atoms with E-state index in [0.29, 0.717) is 35.1 Å². The first-order valence-electron chi connectivity index (χ1n) is 9.90. The molecule has 31 heavy (non-hydrogen) atoms. The lowest BCUT2D eigenvalue weighted by atomic mass is 10.1. The first kappa shape index (κ1) is 20.9.